The van der Waals surface area contributed by atoms with Gasteiger partial charge >= 0.3 is 0 Å². The van der Waals surface area contributed by atoms with E-state index >= 15 is 0 Å². The maximum absolute atomic E-state index is 5.69. The molecular formula is C13H22N4. The summed E-state index contributed by atoms with van der Waals surface area (Å²) in [6.07, 6.45) is 11.5. The number of hydrogen-bond acceptors (Lipinski definition) is 4. The lowest BCUT2D eigenvalue weighted by molar-refractivity contribution is 0.317. The molecule has 1 saturated carbocycles. The molecular weight excluding hydrogens is 212 g/mol. The van der Waals surface area contributed by atoms with Gasteiger partial charge in [-0.05, 0) is 31.2 Å². The van der Waals surface area contributed by atoms with E-state index in [1.165, 1.54) is 38.5 Å². The van der Waals surface area contributed by atoms with Gasteiger partial charge in [-0.25, -0.2) is 15.4 Å². The maximum atomic E-state index is 5.69. The lowest BCUT2D eigenvalue weighted by Gasteiger charge is -2.24. The summed E-state index contributed by atoms with van der Waals surface area (Å²) in [4.78, 5) is 8.80. The molecule has 1 unspecified atom stereocenters. The maximum Gasteiger partial charge on any atom is 0.146 e. The predicted molar refractivity (Wildman–Crippen MR) is 68.0 cm³/mol. The summed E-state index contributed by atoms with van der Waals surface area (Å²) in [5.74, 6) is 7.11. The van der Waals surface area contributed by atoms with Crippen LogP contribution in [0, 0.1) is 12.8 Å². The highest BCUT2D eigenvalue weighted by Gasteiger charge is 2.25. The molecule has 3 N–H and O–H groups in total. The van der Waals surface area contributed by atoms with Gasteiger partial charge in [-0.3, -0.25) is 5.84 Å². The van der Waals surface area contributed by atoms with Crippen LogP contribution in [-0.2, 0) is 0 Å². The number of nitrogens with one attached hydrogen (secondary N) is 1. The molecule has 4 heteroatoms. The average Bonchev–Trinajstić information content (AvgIpc) is 2.62. The van der Waals surface area contributed by atoms with Crippen molar-refractivity contribution in [2.24, 2.45) is 11.8 Å². The molecule has 1 heterocycles. The molecule has 0 radical (unpaired) electrons. The number of aromatic nitrogens is 2. The van der Waals surface area contributed by atoms with E-state index in [1.807, 2.05) is 19.3 Å². The Bertz CT molecular complexity index is 328. The number of nitrogens with two attached hydrogens (primary N) is 1. The molecule has 17 heavy (non-hydrogen) atoms. The van der Waals surface area contributed by atoms with Crippen LogP contribution in [0.15, 0.2) is 12.4 Å². The lowest BCUT2D eigenvalue weighted by Crippen LogP contribution is -2.34. The smallest absolute Gasteiger partial charge is 0.146 e. The molecule has 0 amide bonds. The fourth-order valence-corrected chi connectivity index (χ4v) is 2.63. The van der Waals surface area contributed by atoms with Gasteiger partial charge in [0, 0.05) is 12.4 Å². The number of aryl methyl sites for hydroxylation is 1. The Balaban J connectivity index is 2.11. The summed E-state index contributed by atoms with van der Waals surface area (Å²) in [6.45, 7) is 2.00. The quantitative estimate of drug-likeness (QED) is 0.478. The first kappa shape index (κ1) is 12.5. The summed E-state index contributed by atoms with van der Waals surface area (Å²) < 4.78 is 0. The summed E-state index contributed by atoms with van der Waals surface area (Å²) >= 11 is 0. The topological polar surface area (TPSA) is 63.8 Å². The molecule has 0 spiro atoms. The zero-order chi connectivity index (χ0) is 12.1. The van der Waals surface area contributed by atoms with Crippen molar-refractivity contribution in [2.45, 2.75) is 51.5 Å². The van der Waals surface area contributed by atoms with Crippen LogP contribution in [0.4, 0.5) is 0 Å². The van der Waals surface area contributed by atoms with Crippen molar-refractivity contribution in [1.29, 1.82) is 0 Å². The second-order valence-electron chi connectivity index (χ2n) is 5.01. The van der Waals surface area contributed by atoms with Crippen LogP contribution in [0.1, 0.15) is 56.0 Å². The van der Waals surface area contributed by atoms with Gasteiger partial charge in [0.2, 0.25) is 0 Å². The average molecular weight is 234 g/mol. The minimum absolute atomic E-state index is 0.105. The lowest BCUT2D eigenvalue weighted by atomic mass is 9.91. The molecule has 1 aromatic heterocycles. The number of hydrogen-bond donors (Lipinski definition) is 2. The largest absolute Gasteiger partial charge is 0.271 e. The SMILES string of the molecule is Cc1cnc(C(NN)C2CCCCCC2)nc1. The van der Waals surface area contributed by atoms with Crippen molar-refractivity contribution in [3.05, 3.63) is 23.8 Å². The normalized spacial score (nSPS) is 19.9. The molecule has 0 saturated heterocycles. The zero-order valence-corrected chi connectivity index (χ0v) is 10.5. The van der Waals surface area contributed by atoms with Crippen LogP contribution in [0.5, 0.6) is 0 Å². The first-order valence-electron chi connectivity index (χ1n) is 6.56. The van der Waals surface area contributed by atoms with Crippen LogP contribution in [0.25, 0.3) is 0 Å². The van der Waals surface area contributed by atoms with Gasteiger partial charge in [-0.1, -0.05) is 25.7 Å². The summed E-state index contributed by atoms with van der Waals surface area (Å²) in [5.41, 5.74) is 4.00. The highest BCUT2D eigenvalue weighted by molar-refractivity contribution is 5.05. The van der Waals surface area contributed by atoms with E-state index in [2.05, 4.69) is 15.4 Å². The van der Waals surface area contributed by atoms with Gasteiger partial charge in [0.1, 0.15) is 5.82 Å². The molecule has 94 valence electrons. The van der Waals surface area contributed by atoms with Crippen LogP contribution < -0.4 is 11.3 Å². The monoisotopic (exact) mass is 234 g/mol. The summed E-state index contributed by atoms with van der Waals surface area (Å²) in [6, 6.07) is 0.105. The molecule has 0 aromatic carbocycles. The first-order valence-corrected chi connectivity index (χ1v) is 6.56. The summed E-state index contributed by atoms with van der Waals surface area (Å²) in [5, 5.41) is 0. The van der Waals surface area contributed by atoms with Gasteiger partial charge < -0.3 is 0 Å². The molecule has 4 nitrogen and oxygen atoms in total. The van der Waals surface area contributed by atoms with Crippen LogP contribution in [-0.4, -0.2) is 9.97 Å². The number of hydrazine groups is 1. The van der Waals surface area contributed by atoms with Gasteiger partial charge in [-0.15, -0.1) is 0 Å². The van der Waals surface area contributed by atoms with Crippen LogP contribution >= 0.6 is 0 Å². The van der Waals surface area contributed by atoms with Crippen molar-refractivity contribution in [3.8, 4) is 0 Å². The van der Waals surface area contributed by atoms with Crippen molar-refractivity contribution in [3.63, 3.8) is 0 Å². The molecule has 1 aliphatic carbocycles. The van der Waals surface area contributed by atoms with Gasteiger partial charge in [-0.2, -0.15) is 0 Å². The second kappa shape index (κ2) is 6.07. The fraction of sp³-hybridized carbons (Fsp3) is 0.692. The minimum atomic E-state index is 0.105. The third-order valence-corrected chi connectivity index (χ3v) is 3.63. The van der Waals surface area contributed by atoms with E-state index in [1.54, 1.807) is 0 Å². The van der Waals surface area contributed by atoms with Crippen molar-refractivity contribution >= 4 is 0 Å². The predicted octanol–water partition coefficient (Wildman–Crippen LogP) is 2.26. The Morgan fingerprint density at radius 1 is 1.18 bits per heavy atom. The standard InChI is InChI=1S/C13H22N4/c1-10-8-15-13(16-9-10)12(17-14)11-6-4-2-3-5-7-11/h8-9,11-12,17H,2-7,14H2,1H3. The van der Waals surface area contributed by atoms with Crippen molar-refractivity contribution in [2.75, 3.05) is 0 Å². The third kappa shape index (κ3) is 3.23. The van der Waals surface area contributed by atoms with E-state index in [-0.39, 0.29) is 6.04 Å². The number of nitrogens with zero attached hydrogens (tertiary/aromatic N) is 2. The Labute approximate surface area is 103 Å². The van der Waals surface area contributed by atoms with Gasteiger partial charge in [0.25, 0.3) is 0 Å². The zero-order valence-electron chi connectivity index (χ0n) is 10.5. The van der Waals surface area contributed by atoms with Crippen LogP contribution in [0.2, 0.25) is 0 Å². The van der Waals surface area contributed by atoms with Crippen molar-refractivity contribution in [1.82, 2.24) is 15.4 Å². The molecule has 1 fully saturated rings. The van der Waals surface area contributed by atoms with E-state index in [0.29, 0.717) is 5.92 Å². The van der Waals surface area contributed by atoms with E-state index < -0.39 is 0 Å². The molecule has 1 aliphatic rings. The second-order valence-corrected chi connectivity index (χ2v) is 5.01. The highest BCUT2D eigenvalue weighted by atomic mass is 15.2. The van der Waals surface area contributed by atoms with Gasteiger partial charge in [0.05, 0.1) is 6.04 Å². The van der Waals surface area contributed by atoms with Gasteiger partial charge in [0.15, 0.2) is 0 Å². The van der Waals surface area contributed by atoms with E-state index in [9.17, 15) is 0 Å². The summed E-state index contributed by atoms with van der Waals surface area (Å²) in [7, 11) is 0. The third-order valence-electron chi connectivity index (χ3n) is 3.63. The Morgan fingerprint density at radius 3 is 2.29 bits per heavy atom. The Morgan fingerprint density at radius 2 is 1.76 bits per heavy atom. The molecule has 0 bridgehead atoms. The van der Waals surface area contributed by atoms with Crippen molar-refractivity contribution < 1.29 is 0 Å². The number of rotatable bonds is 3. The minimum Gasteiger partial charge on any atom is -0.271 e. The Kier molecular flexibility index (Phi) is 4.45. The van der Waals surface area contributed by atoms with E-state index in [4.69, 9.17) is 5.84 Å². The fourth-order valence-electron chi connectivity index (χ4n) is 2.63. The Hall–Kier alpha value is -1.00. The molecule has 2 rings (SSSR count). The first-order chi connectivity index (χ1) is 8.31. The van der Waals surface area contributed by atoms with Crippen LogP contribution in [0.3, 0.4) is 0 Å². The highest BCUT2D eigenvalue weighted by Crippen LogP contribution is 2.31. The van der Waals surface area contributed by atoms with E-state index in [0.717, 1.165) is 11.4 Å². The molecule has 1 atom stereocenters. The molecule has 0 aliphatic heterocycles. The molecule has 1 aromatic rings.